The average molecular weight is 315 g/mol. The first-order valence-corrected chi connectivity index (χ1v) is 6.92. The number of carbonyl (C=O) groups excluding carboxylic acids is 2. The van der Waals surface area contributed by atoms with Crippen molar-refractivity contribution < 1.29 is 23.8 Å². The van der Waals surface area contributed by atoms with Crippen LogP contribution in [0.5, 0.6) is 17.2 Å². The number of ether oxygens (including phenoxy) is 3. The Morgan fingerprint density at radius 1 is 1.04 bits per heavy atom. The monoisotopic (exact) mass is 315 g/mol. The Balaban J connectivity index is 1.93. The Morgan fingerprint density at radius 2 is 1.78 bits per heavy atom. The van der Waals surface area contributed by atoms with Crippen LogP contribution >= 0.6 is 0 Å². The standard InChI is InChI=1S/C17H17NO5/c1-12(19)23-14-7-5-6-13(10-14)18-17(20)11-22-16-9-4-3-8-15(16)21-2/h3-10H,11H2,1-2H3,(H,18,20). The highest BCUT2D eigenvalue weighted by molar-refractivity contribution is 5.92. The first kappa shape index (κ1) is 16.4. The molecule has 0 aliphatic carbocycles. The van der Waals surface area contributed by atoms with Gasteiger partial charge in [0.15, 0.2) is 18.1 Å². The predicted octanol–water partition coefficient (Wildman–Crippen LogP) is 2.64. The van der Waals surface area contributed by atoms with Gasteiger partial charge in [0.1, 0.15) is 5.75 Å². The summed E-state index contributed by atoms with van der Waals surface area (Å²) in [5.41, 5.74) is 0.511. The molecule has 2 aromatic rings. The van der Waals surface area contributed by atoms with E-state index in [1.807, 2.05) is 6.07 Å². The van der Waals surface area contributed by atoms with E-state index in [-0.39, 0.29) is 12.5 Å². The topological polar surface area (TPSA) is 73.9 Å². The molecule has 0 fully saturated rings. The number of hydrogen-bond acceptors (Lipinski definition) is 5. The lowest BCUT2D eigenvalue weighted by molar-refractivity contribution is -0.131. The summed E-state index contributed by atoms with van der Waals surface area (Å²) in [5.74, 6) is 0.640. The van der Waals surface area contributed by atoms with Crippen molar-refractivity contribution in [2.75, 3.05) is 19.0 Å². The molecule has 0 aliphatic rings. The molecule has 23 heavy (non-hydrogen) atoms. The predicted molar refractivity (Wildman–Crippen MR) is 84.9 cm³/mol. The number of methoxy groups -OCH3 is 1. The average Bonchev–Trinajstić information content (AvgIpc) is 2.53. The zero-order valence-electron chi connectivity index (χ0n) is 12.9. The zero-order chi connectivity index (χ0) is 16.7. The summed E-state index contributed by atoms with van der Waals surface area (Å²) in [6, 6.07) is 13.6. The molecule has 6 nitrogen and oxygen atoms in total. The minimum Gasteiger partial charge on any atom is -0.493 e. The molecule has 1 amide bonds. The Bertz CT molecular complexity index is 699. The van der Waals surface area contributed by atoms with Crippen molar-refractivity contribution in [1.82, 2.24) is 0 Å². The van der Waals surface area contributed by atoms with Crippen LogP contribution in [0.15, 0.2) is 48.5 Å². The van der Waals surface area contributed by atoms with E-state index in [9.17, 15) is 9.59 Å². The molecule has 0 unspecified atom stereocenters. The van der Waals surface area contributed by atoms with E-state index in [0.29, 0.717) is 22.9 Å². The Kier molecular flexibility index (Phi) is 5.57. The summed E-state index contributed by atoms with van der Waals surface area (Å²) >= 11 is 0. The van der Waals surface area contributed by atoms with Gasteiger partial charge in [0, 0.05) is 18.7 Å². The van der Waals surface area contributed by atoms with E-state index in [2.05, 4.69) is 5.32 Å². The van der Waals surface area contributed by atoms with Crippen LogP contribution in [0.4, 0.5) is 5.69 Å². The lowest BCUT2D eigenvalue weighted by atomic mass is 10.3. The van der Waals surface area contributed by atoms with Crippen molar-refractivity contribution in [2.24, 2.45) is 0 Å². The molecular weight excluding hydrogens is 298 g/mol. The van der Waals surface area contributed by atoms with E-state index < -0.39 is 5.97 Å². The van der Waals surface area contributed by atoms with E-state index in [1.54, 1.807) is 42.5 Å². The number of benzene rings is 2. The molecule has 0 saturated carbocycles. The normalized spacial score (nSPS) is 9.83. The fraction of sp³-hybridized carbons (Fsp3) is 0.176. The summed E-state index contributed by atoms with van der Waals surface area (Å²) in [7, 11) is 1.53. The van der Waals surface area contributed by atoms with Gasteiger partial charge in [-0.25, -0.2) is 0 Å². The van der Waals surface area contributed by atoms with Gasteiger partial charge in [-0.05, 0) is 24.3 Å². The second kappa shape index (κ2) is 7.84. The van der Waals surface area contributed by atoms with E-state index in [1.165, 1.54) is 14.0 Å². The van der Waals surface area contributed by atoms with Gasteiger partial charge >= 0.3 is 5.97 Å². The van der Waals surface area contributed by atoms with Gasteiger partial charge in [-0.1, -0.05) is 18.2 Å². The first-order chi connectivity index (χ1) is 11.1. The number of nitrogens with one attached hydrogen (secondary N) is 1. The van der Waals surface area contributed by atoms with Crippen LogP contribution in [0.25, 0.3) is 0 Å². The molecule has 0 saturated heterocycles. The van der Waals surface area contributed by atoms with Crippen LogP contribution in [-0.4, -0.2) is 25.6 Å². The van der Waals surface area contributed by atoms with Gasteiger partial charge < -0.3 is 19.5 Å². The molecule has 0 radical (unpaired) electrons. The van der Waals surface area contributed by atoms with Gasteiger partial charge in [0.05, 0.1) is 7.11 Å². The molecular formula is C17H17NO5. The maximum Gasteiger partial charge on any atom is 0.308 e. The maximum absolute atomic E-state index is 11.9. The molecule has 2 aromatic carbocycles. The Labute approximate surface area is 134 Å². The van der Waals surface area contributed by atoms with E-state index >= 15 is 0 Å². The molecule has 0 spiro atoms. The van der Waals surface area contributed by atoms with Crippen molar-refractivity contribution in [3.05, 3.63) is 48.5 Å². The van der Waals surface area contributed by atoms with Crippen LogP contribution in [0.1, 0.15) is 6.92 Å². The van der Waals surface area contributed by atoms with Gasteiger partial charge in [-0.15, -0.1) is 0 Å². The molecule has 0 atom stereocenters. The second-order valence-corrected chi connectivity index (χ2v) is 4.61. The van der Waals surface area contributed by atoms with Crippen LogP contribution in [0.2, 0.25) is 0 Å². The molecule has 0 heterocycles. The molecule has 6 heteroatoms. The highest BCUT2D eigenvalue weighted by Crippen LogP contribution is 2.25. The summed E-state index contributed by atoms with van der Waals surface area (Å²) in [5, 5.41) is 2.67. The number of esters is 1. The fourth-order valence-electron chi connectivity index (χ4n) is 1.88. The van der Waals surface area contributed by atoms with Crippen LogP contribution < -0.4 is 19.5 Å². The summed E-state index contributed by atoms with van der Waals surface area (Å²) in [4.78, 5) is 22.9. The van der Waals surface area contributed by atoms with Gasteiger partial charge in [-0.3, -0.25) is 9.59 Å². The van der Waals surface area contributed by atoms with Crippen molar-refractivity contribution in [2.45, 2.75) is 6.92 Å². The zero-order valence-corrected chi connectivity index (χ0v) is 12.9. The first-order valence-electron chi connectivity index (χ1n) is 6.92. The Morgan fingerprint density at radius 3 is 2.48 bits per heavy atom. The summed E-state index contributed by atoms with van der Waals surface area (Å²) in [6.45, 7) is 1.14. The molecule has 0 aromatic heterocycles. The molecule has 0 bridgehead atoms. The second-order valence-electron chi connectivity index (χ2n) is 4.61. The van der Waals surface area contributed by atoms with Crippen molar-refractivity contribution >= 4 is 17.6 Å². The van der Waals surface area contributed by atoms with Crippen molar-refractivity contribution in [3.8, 4) is 17.2 Å². The van der Waals surface area contributed by atoms with Crippen LogP contribution in [0, 0.1) is 0 Å². The third-order valence-electron chi connectivity index (χ3n) is 2.81. The molecule has 1 N–H and O–H groups in total. The van der Waals surface area contributed by atoms with Gasteiger partial charge in [0.2, 0.25) is 0 Å². The van der Waals surface area contributed by atoms with E-state index in [0.717, 1.165) is 0 Å². The number of para-hydroxylation sites is 2. The minimum absolute atomic E-state index is 0.168. The number of anilines is 1. The van der Waals surface area contributed by atoms with Crippen LogP contribution in [-0.2, 0) is 9.59 Å². The molecule has 0 aliphatic heterocycles. The van der Waals surface area contributed by atoms with Crippen molar-refractivity contribution in [1.29, 1.82) is 0 Å². The van der Waals surface area contributed by atoms with E-state index in [4.69, 9.17) is 14.2 Å². The minimum atomic E-state index is -0.423. The number of hydrogen-bond donors (Lipinski definition) is 1. The lowest BCUT2D eigenvalue weighted by Crippen LogP contribution is -2.20. The highest BCUT2D eigenvalue weighted by Gasteiger charge is 2.08. The number of rotatable bonds is 6. The highest BCUT2D eigenvalue weighted by atomic mass is 16.5. The summed E-state index contributed by atoms with van der Waals surface area (Å²) < 4.78 is 15.5. The molecule has 120 valence electrons. The SMILES string of the molecule is COc1ccccc1OCC(=O)Nc1cccc(OC(C)=O)c1. The lowest BCUT2D eigenvalue weighted by Gasteiger charge is -2.11. The third kappa shape index (κ3) is 5.03. The number of amides is 1. The third-order valence-corrected chi connectivity index (χ3v) is 2.81. The molecule has 2 rings (SSSR count). The maximum atomic E-state index is 11.9. The largest absolute Gasteiger partial charge is 0.493 e. The smallest absolute Gasteiger partial charge is 0.308 e. The van der Waals surface area contributed by atoms with Gasteiger partial charge in [-0.2, -0.15) is 0 Å². The summed E-state index contributed by atoms with van der Waals surface area (Å²) in [6.07, 6.45) is 0. The quantitative estimate of drug-likeness (QED) is 0.655. The fourth-order valence-corrected chi connectivity index (χ4v) is 1.88. The Hall–Kier alpha value is -3.02. The van der Waals surface area contributed by atoms with Crippen molar-refractivity contribution in [3.63, 3.8) is 0 Å². The van der Waals surface area contributed by atoms with Crippen LogP contribution in [0.3, 0.4) is 0 Å². The van der Waals surface area contributed by atoms with Gasteiger partial charge in [0.25, 0.3) is 5.91 Å². The number of carbonyl (C=O) groups is 2.